The summed E-state index contributed by atoms with van der Waals surface area (Å²) in [6, 6.07) is 3.23. The minimum absolute atomic E-state index is 0.212. The summed E-state index contributed by atoms with van der Waals surface area (Å²) in [5.74, 6) is 2.56. The Morgan fingerprint density at radius 3 is 2.55 bits per heavy atom. The SMILES string of the molecule is CCCCCOC(C)CNc1cc(C2CCC(C)CC2)n(C2CCC(N)CC2)n1. The van der Waals surface area contributed by atoms with Gasteiger partial charge in [0.1, 0.15) is 5.82 Å². The molecule has 0 amide bonds. The highest BCUT2D eigenvalue weighted by Crippen LogP contribution is 2.39. The molecule has 1 aromatic heterocycles. The molecule has 0 spiro atoms. The highest BCUT2D eigenvalue weighted by Gasteiger charge is 2.28. The summed E-state index contributed by atoms with van der Waals surface area (Å²) in [7, 11) is 0. The molecule has 0 radical (unpaired) electrons. The van der Waals surface area contributed by atoms with Crippen LogP contribution < -0.4 is 11.1 Å². The third kappa shape index (κ3) is 6.71. The van der Waals surface area contributed by atoms with Gasteiger partial charge in [-0.1, -0.05) is 39.5 Å². The number of nitrogens with one attached hydrogen (secondary N) is 1. The van der Waals surface area contributed by atoms with Crippen LogP contribution in [0.2, 0.25) is 0 Å². The molecule has 0 bridgehead atoms. The van der Waals surface area contributed by atoms with Crippen molar-refractivity contribution in [3.63, 3.8) is 0 Å². The van der Waals surface area contributed by atoms with Crippen LogP contribution in [0.1, 0.15) is 109 Å². The van der Waals surface area contributed by atoms with E-state index in [0.717, 1.165) is 57.0 Å². The molecule has 0 saturated heterocycles. The highest BCUT2D eigenvalue weighted by molar-refractivity contribution is 5.38. The van der Waals surface area contributed by atoms with Crippen LogP contribution in [-0.2, 0) is 4.74 Å². The molecule has 3 rings (SSSR count). The average Bonchev–Trinajstić information content (AvgIpc) is 3.15. The van der Waals surface area contributed by atoms with Gasteiger partial charge in [0.2, 0.25) is 0 Å². The third-order valence-electron chi connectivity index (χ3n) is 7.01. The van der Waals surface area contributed by atoms with Crippen molar-refractivity contribution in [1.82, 2.24) is 9.78 Å². The smallest absolute Gasteiger partial charge is 0.148 e. The van der Waals surface area contributed by atoms with E-state index in [0.29, 0.717) is 18.0 Å². The number of nitrogens with zero attached hydrogens (tertiary/aromatic N) is 2. The first-order valence-corrected chi connectivity index (χ1v) is 12.3. The van der Waals surface area contributed by atoms with Gasteiger partial charge in [-0.2, -0.15) is 5.10 Å². The second kappa shape index (κ2) is 11.4. The molecule has 1 atom stereocenters. The van der Waals surface area contributed by atoms with Crippen molar-refractivity contribution in [3.8, 4) is 0 Å². The average molecular weight is 405 g/mol. The lowest BCUT2D eigenvalue weighted by molar-refractivity contribution is 0.0718. The molecule has 0 aromatic carbocycles. The molecular weight excluding hydrogens is 360 g/mol. The first-order chi connectivity index (χ1) is 14.1. The third-order valence-corrected chi connectivity index (χ3v) is 7.01. The summed E-state index contributed by atoms with van der Waals surface area (Å²) >= 11 is 0. The molecule has 0 aliphatic heterocycles. The van der Waals surface area contributed by atoms with Crippen LogP contribution in [0.25, 0.3) is 0 Å². The van der Waals surface area contributed by atoms with Crippen LogP contribution in [0.5, 0.6) is 0 Å². The molecule has 2 fully saturated rings. The Morgan fingerprint density at radius 1 is 1.14 bits per heavy atom. The van der Waals surface area contributed by atoms with Crippen molar-refractivity contribution in [2.75, 3.05) is 18.5 Å². The lowest BCUT2D eigenvalue weighted by Crippen LogP contribution is -2.29. The van der Waals surface area contributed by atoms with Gasteiger partial charge >= 0.3 is 0 Å². The normalized spacial score (nSPS) is 29.0. The predicted octanol–water partition coefficient (Wildman–Crippen LogP) is 5.63. The maximum Gasteiger partial charge on any atom is 0.148 e. The lowest BCUT2D eigenvalue weighted by Gasteiger charge is -2.31. The fraction of sp³-hybridized carbons (Fsp3) is 0.875. The summed E-state index contributed by atoms with van der Waals surface area (Å²) in [5.41, 5.74) is 7.62. The molecule has 2 saturated carbocycles. The minimum atomic E-state index is 0.212. The van der Waals surface area contributed by atoms with Gasteiger partial charge < -0.3 is 15.8 Å². The van der Waals surface area contributed by atoms with Crippen molar-refractivity contribution in [2.24, 2.45) is 11.7 Å². The van der Waals surface area contributed by atoms with Gasteiger partial charge in [-0.25, -0.2) is 0 Å². The topological polar surface area (TPSA) is 65.1 Å². The zero-order valence-electron chi connectivity index (χ0n) is 19.0. The fourth-order valence-corrected chi connectivity index (χ4v) is 4.94. The zero-order valence-corrected chi connectivity index (χ0v) is 19.0. The van der Waals surface area contributed by atoms with E-state index >= 15 is 0 Å². The summed E-state index contributed by atoms with van der Waals surface area (Å²) in [6.45, 7) is 8.46. The number of hydrogen-bond acceptors (Lipinski definition) is 4. The van der Waals surface area contributed by atoms with E-state index in [9.17, 15) is 0 Å². The van der Waals surface area contributed by atoms with Crippen LogP contribution >= 0.6 is 0 Å². The Kier molecular flexibility index (Phi) is 8.85. The first kappa shape index (κ1) is 22.6. The number of unbranched alkanes of at least 4 members (excludes halogenated alkanes) is 2. The van der Waals surface area contributed by atoms with Gasteiger partial charge in [0.25, 0.3) is 0 Å². The molecule has 5 heteroatoms. The second-order valence-corrected chi connectivity index (χ2v) is 9.69. The molecule has 2 aliphatic carbocycles. The van der Waals surface area contributed by atoms with Crippen LogP contribution in [0, 0.1) is 5.92 Å². The largest absolute Gasteiger partial charge is 0.377 e. The molecule has 29 heavy (non-hydrogen) atoms. The number of rotatable bonds is 10. The Morgan fingerprint density at radius 2 is 1.86 bits per heavy atom. The van der Waals surface area contributed by atoms with E-state index in [2.05, 4.69) is 36.8 Å². The van der Waals surface area contributed by atoms with Crippen LogP contribution in [0.4, 0.5) is 5.82 Å². The quantitative estimate of drug-likeness (QED) is 0.496. The van der Waals surface area contributed by atoms with E-state index < -0.39 is 0 Å². The maximum atomic E-state index is 6.16. The molecular formula is C24H44N4O. The minimum Gasteiger partial charge on any atom is -0.377 e. The molecule has 1 aromatic rings. The number of nitrogens with two attached hydrogens (primary N) is 1. The molecule has 166 valence electrons. The first-order valence-electron chi connectivity index (χ1n) is 12.3. The van der Waals surface area contributed by atoms with Gasteiger partial charge in [-0.3, -0.25) is 4.68 Å². The predicted molar refractivity (Wildman–Crippen MR) is 122 cm³/mol. The highest BCUT2D eigenvalue weighted by atomic mass is 16.5. The lowest BCUT2D eigenvalue weighted by atomic mass is 9.81. The van der Waals surface area contributed by atoms with Gasteiger partial charge in [0.05, 0.1) is 12.1 Å². The number of anilines is 1. The van der Waals surface area contributed by atoms with Gasteiger partial charge in [0.15, 0.2) is 0 Å². The van der Waals surface area contributed by atoms with E-state index in [1.54, 1.807) is 0 Å². The summed E-state index contributed by atoms with van der Waals surface area (Å²) in [4.78, 5) is 0. The standard InChI is InChI=1S/C24H44N4O/c1-4-5-6-15-29-19(3)17-26-24-16-23(20-9-7-18(2)8-10-20)28(27-24)22-13-11-21(25)12-14-22/h16,18-22H,4-15,17,25H2,1-3H3,(H,26,27). The number of hydrogen-bond donors (Lipinski definition) is 2. The van der Waals surface area contributed by atoms with Crippen LogP contribution in [0.15, 0.2) is 6.07 Å². The van der Waals surface area contributed by atoms with E-state index in [1.807, 2.05) is 0 Å². The molecule has 1 unspecified atom stereocenters. The molecule has 5 nitrogen and oxygen atoms in total. The maximum absolute atomic E-state index is 6.16. The molecule has 3 N–H and O–H groups in total. The van der Waals surface area contributed by atoms with Gasteiger partial charge in [-0.15, -0.1) is 0 Å². The van der Waals surface area contributed by atoms with Crippen LogP contribution in [0.3, 0.4) is 0 Å². The Labute approximate surface area is 178 Å². The summed E-state index contributed by atoms with van der Waals surface area (Å²) in [5, 5.41) is 8.60. The summed E-state index contributed by atoms with van der Waals surface area (Å²) in [6.07, 6.45) is 13.7. The Bertz CT molecular complexity index is 546. The van der Waals surface area contributed by atoms with Crippen molar-refractivity contribution in [1.29, 1.82) is 0 Å². The van der Waals surface area contributed by atoms with Crippen molar-refractivity contribution < 1.29 is 4.74 Å². The van der Waals surface area contributed by atoms with Crippen molar-refractivity contribution >= 4 is 5.82 Å². The molecule has 1 heterocycles. The second-order valence-electron chi connectivity index (χ2n) is 9.69. The monoisotopic (exact) mass is 404 g/mol. The van der Waals surface area contributed by atoms with Gasteiger partial charge in [0, 0.05) is 36.9 Å². The Balaban J connectivity index is 1.62. The van der Waals surface area contributed by atoms with Gasteiger partial charge in [-0.05, 0) is 57.8 Å². The number of ether oxygens (including phenoxy) is 1. The van der Waals surface area contributed by atoms with Crippen LogP contribution in [-0.4, -0.2) is 35.1 Å². The number of aromatic nitrogens is 2. The molecule has 2 aliphatic rings. The zero-order chi connectivity index (χ0) is 20.6. The van der Waals surface area contributed by atoms with Crippen molar-refractivity contribution in [2.45, 2.75) is 116 Å². The Hall–Kier alpha value is -1.07. The van der Waals surface area contributed by atoms with E-state index in [4.69, 9.17) is 15.6 Å². The van der Waals surface area contributed by atoms with E-state index in [1.165, 1.54) is 44.2 Å². The fourth-order valence-electron chi connectivity index (χ4n) is 4.94. The van der Waals surface area contributed by atoms with E-state index in [-0.39, 0.29) is 6.10 Å². The van der Waals surface area contributed by atoms with Crippen molar-refractivity contribution in [3.05, 3.63) is 11.8 Å². The summed E-state index contributed by atoms with van der Waals surface area (Å²) < 4.78 is 8.32.